The monoisotopic (exact) mass is 332 g/mol. The Balaban J connectivity index is 1.98. The van der Waals surface area contributed by atoms with E-state index in [1.807, 2.05) is 25.7 Å². The molecule has 1 aromatic carbocycles. The van der Waals surface area contributed by atoms with Gasteiger partial charge in [0.05, 0.1) is 12.1 Å². The molecule has 2 heterocycles. The highest BCUT2D eigenvalue weighted by atomic mass is 32.2. The lowest BCUT2D eigenvalue weighted by Crippen LogP contribution is -2.40. The largest absolute Gasteiger partial charge is 0.444 e. The first-order chi connectivity index (χ1) is 10.8. The molecule has 23 heavy (non-hydrogen) atoms. The molecular formula is C18H24N2O2S. The molecule has 124 valence electrons. The van der Waals surface area contributed by atoms with Crippen LogP contribution in [0, 0.1) is 0 Å². The fourth-order valence-electron chi connectivity index (χ4n) is 3.26. The standard InChI is InChI=1S/C18H24N2O2S/c1-18(2,3)22-17(21)20-10-9-14-13(11-20)12-7-6-8-15(23-5)16(12)19(14)4/h6-8H,9-11H2,1-5H3. The highest BCUT2D eigenvalue weighted by Crippen LogP contribution is 2.35. The van der Waals surface area contributed by atoms with Crippen LogP contribution < -0.4 is 0 Å². The van der Waals surface area contributed by atoms with Crippen molar-refractivity contribution >= 4 is 28.8 Å². The van der Waals surface area contributed by atoms with Gasteiger partial charge in [0.1, 0.15) is 5.60 Å². The number of hydrogen-bond donors (Lipinski definition) is 0. The van der Waals surface area contributed by atoms with Crippen molar-refractivity contribution in [2.24, 2.45) is 7.05 Å². The third kappa shape index (κ3) is 2.94. The molecule has 0 bridgehead atoms. The van der Waals surface area contributed by atoms with Gasteiger partial charge in [0.2, 0.25) is 0 Å². The number of thioether (sulfide) groups is 1. The normalized spacial score (nSPS) is 14.9. The lowest BCUT2D eigenvalue weighted by molar-refractivity contribution is 0.0223. The van der Waals surface area contributed by atoms with Crippen molar-refractivity contribution in [3.63, 3.8) is 0 Å². The van der Waals surface area contributed by atoms with E-state index in [9.17, 15) is 4.79 Å². The Morgan fingerprint density at radius 3 is 2.70 bits per heavy atom. The summed E-state index contributed by atoms with van der Waals surface area (Å²) in [5.41, 5.74) is 3.41. The van der Waals surface area contributed by atoms with Crippen LogP contribution >= 0.6 is 11.8 Å². The molecule has 2 aromatic rings. The van der Waals surface area contributed by atoms with Crippen LogP contribution in [-0.4, -0.2) is 34.0 Å². The quantitative estimate of drug-likeness (QED) is 0.734. The third-order valence-electron chi connectivity index (χ3n) is 4.25. The Morgan fingerprint density at radius 1 is 1.30 bits per heavy atom. The molecule has 0 saturated carbocycles. The summed E-state index contributed by atoms with van der Waals surface area (Å²) < 4.78 is 7.83. The molecule has 0 unspecified atom stereocenters. The van der Waals surface area contributed by atoms with Crippen molar-refractivity contribution in [2.45, 2.75) is 44.2 Å². The Morgan fingerprint density at radius 2 is 2.04 bits per heavy atom. The van der Waals surface area contributed by atoms with Crippen molar-refractivity contribution in [1.82, 2.24) is 9.47 Å². The lowest BCUT2D eigenvalue weighted by atomic mass is 10.0. The van der Waals surface area contributed by atoms with E-state index in [1.165, 1.54) is 27.1 Å². The molecule has 3 rings (SSSR count). The number of nitrogens with zero attached hydrogens (tertiary/aromatic N) is 2. The molecule has 1 amide bonds. The van der Waals surface area contributed by atoms with E-state index < -0.39 is 5.60 Å². The van der Waals surface area contributed by atoms with Gasteiger partial charge in [0.25, 0.3) is 0 Å². The Kier molecular flexibility index (Phi) is 4.08. The minimum atomic E-state index is -0.456. The molecule has 1 aliphatic rings. The number of amides is 1. The van der Waals surface area contributed by atoms with Crippen LogP contribution in [0.5, 0.6) is 0 Å². The summed E-state index contributed by atoms with van der Waals surface area (Å²) in [6.07, 6.45) is 2.75. The second-order valence-electron chi connectivity index (χ2n) is 6.99. The fourth-order valence-corrected chi connectivity index (χ4v) is 3.91. The zero-order valence-corrected chi connectivity index (χ0v) is 15.3. The average Bonchev–Trinajstić information content (AvgIpc) is 2.78. The molecule has 0 spiro atoms. The number of ether oxygens (including phenoxy) is 1. The molecule has 1 aliphatic heterocycles. The Bertz CT molecular complexity index is 758. The molecule has 1 aromatic heterocycles. The topological polar surface area (TPSA) is 34.5 Å². The summed E-state index contributed by atoms with van der Waals surface area (Å²) in [4.78, 5) is 15.5. The van der Waals surface area contributed by atoms with Gasteiger partial charge < -0.3 is 14.2 Å². The molecule has 0 aliphatic carbocycles. The van der Waals surface area contributed by atoms with Crippen LogP contribution in [0.1, 0.15) is 32.0 Å². The molecular weight excluding hydrogens is 308 g/mol. The second-order valence-corrected chi connectivity index (χ2v) is 7.84. The number of benzene rings is 1. The number of hydrogen-bond acceptors (Lipinski definition) is 3. The van der Waals surface area contributed by atoms with Gasteiger partial charge in [-0.05, 0) is 33.1 Å². The second kappa shape index (κ2) is 5.78. The van der Waals surface area contributed by atoms with Gasteiger partial charge >= 0.3 is 6.09 Å². The number of para-hydroxylation sites is 1. The Labute approximate surface area is 141 Å². The summed E-state index contributed by atoms with van der Waals surface area (Å²) in [5.74, 6) is 0. The first-order valence-corrected chi connectivity index (χ1v) is 9.15. The maximum absolute atomic E-state index is 12.4. The molecule has 0 atom stereocenters. The molecule has 0 fully saturated rings. The van der Waals surface area contributed by atoms with Crippen LogP contribution in [0.25, 0.3) is 10.9 Å². The average molecular weight is 332 g/mol. The number of carbonyl (C=O) groups excluding carboxylic acids is 1. The van der Waals surface area contributed by atoms with E-state index in [0.717, 1.165) is 6.42 Å². The minimum absolute atomic E-state index is 0.221. The summed E-state index contributed by atoms with van der Waals surface area (Å²) in [7, 11) is 2.13. The van der Waals surface area contributed by atoms with Crippen LogP contribution in [0.15, 0.2) is 23.1 Å². The number of aromatic nitrogens is 1. The zero-order chi connectivity index (χ0) is 16.8. The first kappa shape index (κ1) is 16.2. The van der Waals surface area contributed by atoms with Crippen molar-refractivity contribution in [2.75, 3.05) is 12.8 Å². The molecule has 0 radical (unpaired) electrons. The van der Waals surface area contributed by atoms with Gasteiger partial charge in [-0.25, -0.2) is 4.79 Å². The van der Waals surface area contributed by atoms with Crippen LogP contribution in [0.4, 0.5) is 4.79 Å². The van der Waals surface area contributed by atoms with E-state index in [1.54, 1.807) is 11.8 Å². The van der Waals surface area contributed by atoms with Crippen molar-refractivity contribution < 1.29 is 9.53 Å². The van der Waals surface area contributed by atoms with Gasteiger partial charge in [-0.3, -0.25) is 0 Å². The van der Waals surface area contributed by atoms with E-state index in [2.05, 4.69) is 36.1 Å². The highest BCUT2D eigenvalue weighted by Gasteiger charge is 2.29. The maximum atomic E-state index is 12.4. The molecule has 0 N–H and O–H groups in total. The smallest absolute Gasteiger partial charge is 0.410 e. The molecule has 4 nitrogen and oxygen atoms in total. The van der Waals surface area contributed by atoms with E-state index in [0.29, 0.717) is 13.1 Å². The van der Waals surface area contributed by atoms with E-state index >= 15 is 0 Å². The van der Waals surface area contributed by atoms with Crippen molar-refractivity contribution in [1.29, 1.82) is 0 Å². The van der Waals surface area contributed by atoms with Gasteiger partial charge in [0.15, 0.2) is 0 Å². The fraction of sp³-hybridized carbons (Fsp3) is 0.500. The molecule has 0 saturated heterocycles. The Hall–Kier alpha value is -1.62. The summed E-state index contributed by atoms with van der Waals surface area (Å²) >= 11 is 1.76. The molecule has 5 heteroatoms. The number of carbonyl (C=O) groups is 1. The van der Waals surface area contributed by atoms with E-state index in [-0.39, 0.29) is 6.09 Å². The van der Waals surface area contributed by atoms with Crippen LogP contribution in [0.2, 0.25) is 0 Å². The van der Waals surface area contributed by atoms with Gasteiger partial charge in [0, 0.05) is 41.6 Å². The predicted molar refractivity (Wildman–Crippen MR) is 95.0 cm³/mol. The number of rotatable bonds is 1. The predicted octanol–water partition coefficient (Wildman–Crippen LogP) is 4.19. The summed E-state index contributed by atoms with van der Waals surface area (Å²) in [6.45, 7) is 7.05. The number of aryl methyl sites for hydroxylation is 1. The van der Waals surface area contributed by atoms with Gasteiger partial charge in [-0.1, -0.05) is 12.1 Å². The van der Waals surface area contributed by atoms with E-state index in [4.69, 9.17) is 4.74 Å². The highest BCUT2D eigenvalue weighted by molar-refractivity contribution is 7.98. The SMILES string of the molecule is CSc1cccc2c3c(n(C)c12)CCN(C(=O)OC(C)(C)C)C3. The van der Waals surface area contributed by atoms with Gasteiger partial charge in [-0.2, -0.15) is 0 Å². The van der Waals surface area contributed by atoms with Gasteiger partial charge in [-0.15, -0.1) is 11.8 Å². The van der Waals surface area contributed by atoms with Crippen molar-refractivity contribution in [3.8, 4) is 0 Å². The first-order valence-electron chi connectivity index (χ1n) is 7.93. The zero-order valence-electron chi connectivity index (χ0n) is 14.5. The van der Waals surface area contributed by atoms with Crippen LogP contribution in [0.3, 0.4) is 0 Å². The summed E-state index contributed by atoms with van der Waals surface area (Å²) in [6, 6.07) is 6.41. The lowest BCUT2D eigenvalue weighted by Gasteiger charge is -2.30. The minimum Gasteiger partial charge on any atom is -0.444 e. The third-order valence-corrected chi connectivity index (χ3v) is 5.02. The number of fused-ring (bicyclic) bond motifs is 3. The summed E-state index contributed by atoms with van der Waals surface area (Å²) in [5, 5.41) is 1.25. The van der Waals surface area contributed by atoms with Crippen LogP contribution in [-0.2, 0) is 24.8 Å². The van der Waals surface area contributed by atoms with Crippen molar-refractivity contribution in [3.05, 3.63) is 29.5 Å². The maximum Gasteiger partial charge on any atom is 0.410 e.